The molecule has 0 radical (unpaired) electrons. The standard InChI is InChI=1S/C9H16F3NO2/c1-15-5-4-13(7-2-3-7)6-8(14)9(10,11)12/h7-8,14H,2-6H2,1H3. The molecule has 1 aliphatic carbocycles. The van der Waals surface area contributed by atoms with Gasteiger partial charge in [-0.05, 0) is 12.8 Å². The summed E-state index contributed by atoms with van der Waals surface area (Å²) >= 11 is 0. The summed E-state index contributed by atoms with van der Waals surface area (Å²) in [4.78, 5) is 1.64. The molecule has 0 saturated heterocycles. The molecule has 15 heavy (non-hydrogen) atoms. The molecule has 0 heterocycles. The molecule has 1 saturated carbocycles. The van der Waals surface area contributed by atoms with Crippen LogP contribution in [0, 0.1) is 0 Å². The highest BCUT2D eigenvalue weighted by atomic mass is 19.4. The largest absolute Gasteiger partial charge is 0.415 e. The van der Waals surface area contributed by atoms with Crippen LogP contribution in [0.1, 0.15) is 12.8 Å². The smallest absolute Gasteiger partial charge is 0.383 e. The topological polar surface area (TPSA) is 32.7 Å². The Bertz CT molecular complexity index is 194. The fourth-order valence-corrected chi connectivity index (χ4v) is 1.40. The Morgan fingerprint density at radius 2 is 2.07 bits per heavy atom. The summed E-state index contributed by atoms with van der Waals surface area (Å²) < 4.78 is 41.1. The molecular weight excluding hydrogens is 211 g/mol. The molecule has 0 amide bonds. The monoisotopic (exact) mass is 227 g/mol. The van der Waals surface area contributed by atoms with Crippen molar-refractivity contribution in [3.8, 4) is 0 Å². The molecule has 0 aliphatic heterocycles. The number of rotatable bonds is 6. The van der Waals surface area contributed by atoms with E-state index in [2.05, 4.69) is 0 Å². The molecule has 1 N–H and O–H groups in total. The van der Waals surface area contributed by atoms with E-state index in [1.807, 2.05) is 0 Å². The Morgan fingerprint density at radius 1 is 1.47 bits per heavy atom. The van der Waals surface area contributed by atoms with Crippen molar-refractivity contribution in [1.29, 1.82) is 0 Å². The van der Waals surface area contributed by atoms with Crippen LogP contribution in [0.5, 0.6) is 0 Å². The van der Waals surface area contributed by atoms with E-state index in [-0.39, 0.29) is 12.6 Å². The second-order valence-electron chi connectivity index (χ2n) is 3.78. The van der Waals surface area contributed by atoms with Crippen LogP contribution in [0.15, 0.2) is 0 Å². The number of methoxy groups -OCH3 is 1. The summed E-state index contributed by atoms with van der Waals surface area (Å²) in [5.74, 6) is 0. The van der Waals surface area contributed by atoms with Crippen molar-refractivity contribution in [2.45, 2.75) is 31.2 Å². The number of alkyl halides is 3. The van der Waals surface area contributed by atoms with E-state index in [0.717, 1.165) is 12.8 Å². The molecule has 1 fully saturated rings. The van der Waals surface area contributed by atoms with Crippen LogP contribution in [0.25, 0.3) is 0 Å². The number of halogens is 3. The number of hydrogen-bond donors (Lipinski definition) is 1. The lowest BCUT2D eigenvalue weighted by Gasteiger charge is -2.25. The van der Waals surface area contributed by atoms with Gasteiger partial charge in [-0.25, -0.2) is 0 Å². The highest BCUT2D eigenvalue weighted by Gasteiger charge is 2.41. The normalized spacial score (nSPS) is 19.6. The van der Waals surface area contributed by atoms with Crippen LogP contribution in [0.4, 0.5) is 13.2 Å². The Hall–Kier alpha value is -0.330. The minimum Gasteiger partial charge on any atom is -0.383 e. The minimum absolute atomic E-state index is 0.192. The third kappa shape index (κ3) is 4.36. The molecule has 6 heteroatoms. The van der Waals surface area contributed by atoms with E-state index in [9.17, 15) is 13.2 Å². The highest BCUT2D eigenvalue weighted by Crippen LogP contribution is 2.29. The van der Waals surface area contributed by atoms with E-state index < -0.39 is 12.3 Å². The summed E-state index contributed by atoms with van der Waals surface area (Å²) in [6.45, 7) is 0.479. The van der Waals surface area contributed by atoms with Gasteiger partial charge in [-0.3, -0.25) is 4.90 Å². The highest BCUT2D eigenvalue weighted by molar-refractivity contribution is 4.86. The van der Waals surface area contributed by atoms with Crippen LogP contribution >= 0.6 is 0 Å². The minimum atomic E-state index is -4.53. The Kier molecular flexibility index (Phi) is 4.36. The second kappa shape index (κ2) is 5.14. The van der Waals surface area contributed by atoms with Crippen LogP contribution in [0.2, 0.25) is 0 Å². The molecular formula is C9H16F3NO2. The van der Waals surface area contributed by atoms with Gasteiger partial charge in [0.05, 0.1) is 6.61 Å². The van der Waals surface area contributed by atoms with Gasteiger partial charge in [-0.2, -0.15) is 13.2 Å². The molecule has 0 aromatic carbocycles. The zero-order valence-corrected chi connectivity index (χ0v) is 8.63. The number of hydrogen-bond acceptors (Lipinski definition) is 3. The van der Waals surface area contributed by atoms with Gasteiger partial charge < -0.3 is 9.84 Å². The zero-order chi connectivity index (χ0) is 11.5. The van der Waals surface area contributed by atoms with Crippen LogP contribution in [0.3, 0.4) is 0 Å². The summed E-state index contributed by atoms with van der Waals surface area (Å²) in [6, 6.07) is 0.192. The lowest BCUT2D eigenvalue weighted by molar-refractivity contribution is -0.208. The Balaban J connectivity index is 2.36. The van der Waals surface area contributed by atoms with Crippen molar-refractivity contribution in [2.24, 2.45) is 0 Å². The molecule has 1 rings (SSSR count). The number of ether oxygens (including phenoxy) is 1. The molecule has 1 unspecified atom stereocenters. The van der Waals surface area contributed by atoms with Crippen LogP contribution in [-0.2, 0) is 4.74 Å². The zero-order valence-electron chi connectivity index (χ0n) is 8.63. The summed E-state index contributed by atoms with van der Waals surface area (Å²) in [5.41, 5.74) is 0. The van der Waals surface area contributed by atoms with Gasteiger partial charge in [-0.15, -0.1) is 0 Å². The van der Waals surface area contributed by atoms with E-state index in [4.69, 9.17) is 9.84 Å². The molecule has 90 valence electrons. The van der Waals surface area contributed by atoms with Crippen molar-refractivity contribution < 1.29 is 23.0 Å². The SMILES string of the molecule is COCCN(CC(O)C(F)(F)F)C1CC1. The molecule has 1 aliphatic rings. The third-order valence-corrected chi connectivity index (χ3v) is 2.43. The van der Waals surface area contributed by atoms with Gasteiger partial charge in [0.25, 0.3) is 0 Å². The van der Waals surface area contributed by atoms with Gasteiger partial charge in [0.15, 0.2) is 6.10 Å². The summed E-state index contributed by atoms with van der Waals surface area (Å²) in [5, 5.41) is 8.92. The maximum Gasteiger partial charge on any atom is 0.415 e. The van der Waals surface area contributed by atoms with Crippen molar-refractivity contribution in [2.75, 3.05) is 26.8 Å². The maximum absolute atomic E-state index is 12.1. The first-order chi connectivity index (χ1) is 6.95. The predicted molar refractivity (Wildman–Crippen MR) is 48.5 cm³/mol. The fourth-order valence-electron chi connectivity index (χ4n) is 1.40. The first-order valence-electron chi connectivity index (χ1n) is 4.93. The van der Waals surface area contributed by atoms with Crippen molar-refractivity contribution in [3.63, 3.8) is 0 Å². The molecule has 0 bridgehead atoms. The van der Waals surface area contributed by atoms with Crippen LogP contribution < -0.4 is 0 Å². The van der Waals surface area contributed by atoms with Gasteiger partial charge in [-0.1, -0.05) is 0 Å². The first kappa shape index (κ1) is 12.7. The maximum atomic E-state index is 12.1. The molecule has 3 nitrogen and oxygen atoms in total. The lowest BCUT2D eigenvalue weighted by Crippen LogP contribution is -2.43. The average Bonchev–Trinajstić information content (AvgIpc) is 2.93. The van der Waals surface area contributed by atoms with Crippen LogP contribution in [-0.4, -0.2) is 55.1 Å². The Labute approximate surface area is 86.8 Å². The van der Waals surface area contributed by atoms with Crippen molar-refractivity contribution in [3.05, 3.63) is 0 Å². The van der Waals surface area contributed by atoms with Crippen molar-refractivity contribution >= 4 is 0 Å². The van der Waals surface area contributed by atoms with E-state index in [0.29, 0.717) is 13.2 Å². The van der Waals surface area contributed by atoms with E-state index >= 15 is 0 Å². The summed E-state index contributed by atoms with van der Waals surface area (Å²) in [6.07, 6.45) is -4.96. The van der Waals surface area contributed by atoms with Gasteiger partial charge in [0.1, 0.15) is 0 Å². The Morgan fingerprint density at radius 3 is 2.47 bits per heavy atom. The second-order valence-corrected chi connectivity index (χ2v) is 3.78. The molecule has 0 spiro atoms. The molecule has 0 aromatic heterocycles. The van der Waals surface area contributed by atoms with E-state index in [1.165, 1.54) is 7.11 Å². The molecule has 0 aromatic rings. The quantitative estimate of drug-likeness (QED) is 0.735. The third-order valence-electron chi connectivity index (χ3n) is 2.43. The average molecular weight is 227 g/mol. The predicted octanol–water partition coefficient (Wildman–Crippen LogP) is 1.02. The van der Waals surface area contributed by atoms with Gasteiger partial charge >= 0.3 is 6.18 Å². The van der Waals surface area contributed by atoms with E-state index in [1.54, 1.807) is 4.90 Å². The number of nitrogens with zero attached hydrogens (tertiary/aromatic N) is 1. The van der Waals surface area contributed by atoms with Crippen molar-refractivity contribution in [1.82, 2.24) is 4.90 Å². The summed E-state index contributed by atoms with van der Waals surface area (Å²) in [7, 11) is 1.51. The first-order valence-corrected chi connectivity index (χ1v) is 4.93. The van der Waals surface area contributed by atoms with Gasteiger partial charge in [0, 0.05) is 26.2 Å². The fraction of sp³-hybridized carbons (Fsp3) is 1.00. The van der Waals surface area contributed by atoms with Gasteiger partial charge in [0.2, 0.25) is 0 Å². The lowest BCUT2D eigenvalue weighted by atomic mass is 10.3. The molecule has 1 atom stereocenters. The number of aliphatic hydroxyl groups is 1. The number of aliphatic hydroxyl groups excluding tert-OH is 1.